The van der Waals surface area contributed by atoms with Gasteiger partial charge in [0.2, 0.25) is 15.0 Å². The first kappa shape index (κ1) is 16.5. The van der Waals surface area contributed by atoms with Crippen LogP contribution in [0.3, 0.4) is 0 Å². The lowest BCUT2D eigenvalue weighted by atomic mass is 10.1. The van der Waals surface area contributed by atoms with Crippen LogP contribution in [0.25, 0.3) is 0 Å². The van der Waals surface area contributed by atoms with Crippen molar-refractivity contribution in [2.24, 2.45) is 0 Å². The maximum Gasteiger partial charge on any atom is 0.256 e. The van der Waals surface area contributed by atoms with E-state index in [1.54, 1.807) is 12.1 Å². The lowest BCUT2D eigenvalue weighted by Crippen LogP contribution is -2.36. The summed E-state index contributed by atoms with van der Waals surface area (Å²) < 4.78 is 23.1. The number of rotatable bonds is 3. The Morgan fingerprint density at radius 3 is 2.54 bits per heavy atom. The summed E-state index contributed by atoms with van der Waals surface area (Å²) >= 11 is 0. The lowest BCUT2D eigenvalue weighted by Gasteiger charge is -2.27. The van der Waals surface area contributed by atoms with Gasteiger partial charge in [0.05, 0.1) is 11.3 Å². The van der Waals surface area contributed by atoms with Crippen molar-refractivity contribution >= 4 is 9.84 Å². The topological polar surface area (TPSA) is 124 Å². The van der Waals surface area contributed by atoms with E-state index in [-0.39, 0.29) is 16.7 Å². The molecule has 0 amide bonds. The summed E-state index contributed by atoms with van der Waals surface area (Å²) in [6, 6.07) is 4.34. The van der Waals surface area contributed by atoms with E-state index in [2.05, 4.69) is 9.97 Å². The molecule has 0 saturated carbocycles. The fraction of sp³-hybridized carbons (Fsp3) is 0.333. The van der Waals surface area contributed by atoms with Crippen LogP contribution in [0, 0.1) is 0 Å². The molecule has 1 aromatic heterocycles. The first-order valence-corrected chi connectivity index (χ1v) is 9.18. The molecular weight excluding hydrogens is 334 g/mol. The minimum atomic E-state index is -3.57. The van der Waals surface area contributed by atoms with Gasteiger partial charge in [-0.2, -0.15) is 0 Å². The van der Waals surface area contributed by atoms with Crippen LogP contribution in [0.5, 0.6) is 11.5 Å². The van der Waals surface area contributed by atoms with Crippen LogP contribution in [0.2, 0.25) is 0 Å². The van der Waals surface area contributed by atoms with Crippen LogP contribution in [0.15, 0.2) is 28.2 Å². The molecule has 24 heavy (non-hydrogen) atoms. The van der Waals surface area contributed by atoms with E-state index in [1.165, 1.54) is 6.07 Å². The average Bonchev–Trinajstić information content (AvgIpc) is 2.45. The number of aromatic hydroxyl groups is 2. The molecule has 8 nitrogen and oxygen atoms in total. The smallest absolute Gasteiger partial charge is 0.256 e. The van der Waals surface area contributed by atoms with Crippen molar-refractivity contribution in [3.8, 4) is 11.5 Å². The Balaban J connectivity index is 1.86. The van der Waals surface area contributed by atoms with E-state index in [0.29, 0.717) is 42.9 Å². The number of hydrogen-bond acceptors (Lipinski definition) is 7. The molecular formula is C15H17N3O5S. The van der Waals surface area contributed by atoms with Crippen LogP contribution in [0.4, 0.5) is 0 Å². The third kappa shape index (κ3) is 3.41. The van der Waals surface area contributed by atoms with Crippen molar-refractivity contribution in [1.82, 2.24) is 14.9 Å². The Labute approximate surface area is 138 Å². The molecule has 0 aliphatic carbocycles. The van der Waals surface area contributed by atoms with E-state index in [1.807, 2.05) is 4.90 Å². The standard InChI is InChI=1S/C15H17N3O5S/c1-24(22,23)15-16-13-2-3-18(8-12(13)14(21)17-15)7-9-4-10(19)6-11(20)5-9/h4-6,19-20H,2-3,7-8H2,1H3,(H,16,17,21). The van der Waals surface area contributed by atoms with Gasteiger partial charge in [-0.05, 0) is 17.7 Å². The van der Waals surface area contributed by atoms with Crippen molar-refractivity contribution in [3.63, 3.8) is 0 Å². The largest absolute Gasteiger partial charge is 0.508 e. The van der Waals surface area contributed by atoms with E-state index in [0.717, 1.165) is 6.26 Å². The van der Waals surface area contributed by atoms with Crippen LogP contribution in [-0.4, -0.2) is 46.3 Å². The third-order valence-corrected chi connectivity index (χ3v) is 4.74. The van der Waals surface area contributed by atoms with Gasteiger partial charge in [0, 0.05) is 38.4 Å². The van der Waals surface area contributed by atoms with Crippen LogP contribution >= 0.6 is 0 Å². The first-order chi connectivity index (χ1) is 11.2. The molecule has 0 atom stereocenters. The number of benzene rings is 1. The molecule has 1 aliphatic rings. The number of nitrogens with one attached hydrogen (secondary N) is 1. The average molecular weight is 351 g/mol. The second-order valence-corrected chi connectivity index (χ2v) is 7.82. The van der Waals surface area contributed by atoms with Crippen molar-refractivity contribution in [3.05, 3.63) is 45.4 Å². The molecule has 0 radical (unpaired) electrons. The number of H-pyrrole nitrogens is 1. The number of nitrogens with zero attached hydrogens (tertiary/aromatic N) is 2. The summed E-state index contributed by atoms with van der Waals surface area (Å²) in [6.07, 6.45) is 1.45. The van der Waals surface area contributed by atoms with Gasteiger partial charge in [0.15, 0.2) is 0 Å². The second kappa shape index (κ2) is 5.91. The molecule has 0 bridgehead atoms. The summed E-state index contributed by atoms with van der Waals surface area (Å²) in [4.78, 5) is 20.5. The molecule has 0 saturated heterocycles. The van der Waals surface area contributed by atoms with Gasteiger partial charge in [-0.1, -0.05) is 0 Å². The first-order valence-electron chi connectivity index (χ1n) is 7.29. The van der Waals surface area contributed by atoms with Gasteiger partial charge in [-0.15, -0.1) is 0 Å². The number of sulfone groups is 1. The van der Waals surface area contributed by atoms with Crippen LogP contribution in [0.1, 0.15) is 16.8 Å². The Bertz CT molecular complexity index is 932. The summed E-state index contributed by atoms with van der Waals surface area (Å²) in [5, 5.41) is 18.8. The van der Waals surface area contributed by atoms with Gasteiger partial charge in [-0.25, -0.2) is 13.4 Å². The maximum absolute atomic E-state index is 12.2. The molecule has 2 aromatic rings. The number of aromatic amines is 1. The second-order valence-electron chi connectivity index (χ2n) is 5.89. The maximum atomic E-state index is 12.2. The molecule has 2 heterocycles. The van der Waals surface area contributed by atoms with E-state index >= 15 is 0 Å². The quantitative estimate of drug-likeness (QED) is 0.672. The van der Waals surface area contributed by atoms with Gasteiger partial charge in [0.25, 0.3) is 5.56 Å². The highest BCUT2D eigenvalue weighted by Gasteiger charge is 2.23. The summed E-state index contributed by atoms with van der Waals surface area (Å²) in [7, 11) is -3.57. The van der Waals surface area contributed by atoms with Gasteiger partial charge in [0.1, 0.15) is 11.5 Å². The number of aromatic nitrogens is 2. The third-order valence-electron chi connectivity index (χ3n) is 3.85. The van der Waals surface area contributed by atoms with Crippen molar-refractivity contribution < 1.29 is 18.6 Å². The fourth-order valence-electron chi connectivity index (χ4n) is 2.77. The van der Waals surface area contributed by atoms with E-state index in [9.17, 15) is 23.4 Å². The zero-order chi connectivity index (χ0) is 17.5. The molecule has 9 heteroatoms. The Kier molecular flexibility index (Phi) is 4.06. The van der Waals surface area contributed by atoms with E-state index in [4.69, 9.17) is 0 Å². The van der Waals surface area contributed by atoms with Crippen molar-refractivity contribution in [2.75, 3.05) is 12.8 Å². The zero-order valence-electron chi connectivity index (χ0n) is 13.0. The molecule has 1 aromatic carbocycles. The molecule has 0 unspecified atom stereocenters. The Hall–Kier alpha value is -2.39. The molecule has 1 aliphatic heterocycles. The summed E-state index contributed by atoms with van der Waals surface area (Å²) in [5.74, 6) is -0.0561. The predicted octanol–water partition coefficient (Wildman–Crippen LogP) is 0.143. The van der Waals surface area contributed by atoms with Crippen LogP contribution in [-0.2, 0) is 29.3 Å². The van der Waals surface area contributed by atoms with Gasteiger partial charge in [-0.3, -0.25) is 14.7 Å². The molecule has 0 fully saturated rings. The highest BCUT2D eigenvalue weighted by Crippen LogP contribution is 2.23. The number of fused-ring (bicyclic) bond motifs is 1. The minimum absolute atomic E-state index is 0.0280. The molecule has 128 valence electrons. The molecule has 0 spiro atoms. The highest BCUT2D eigenvalue weighted by atomic mass is 32.2. The number of phenolic OH excluding ortho intramolecular Hbond substituents is 2. The Morgan fingerprint density at radius 2 is 1.92 bits per heavy atom. The summed E-state index contributed by atoms with van der Waals surface area (Å²) in [6.45, 7) is 1.34. The Morgan fingerprint density at radius 1 is 1.25 bits per heavy atom. The monoisotopic (exact) mass is 351 g/mol. The molecule has 3 rings (SSSR count). The van der Waals surface area contributed by atoms with Gasteiger partial charge < -0.3 is 10.2 Å². The lowest BCUT2D eigenvalue weighted by molar-refractivity contribution is 0.240. The zero-order valence-corrected chi connectivity index (χ0v) is 13.8. The normalized spacial score (nSPS) is 15.2. The molecule has 3 N–H and O–H groups in total. The fourth-order valence-corrected chi connectivity index (χ4v) is 3.33. The minimum Gasteiger partial charge on any atom is -0.508 e. The number of hydrogen-bond donors (Lipinski definition) is 3. The predicted molar refractivity (Wildman–Crippen MR) is 85.6 cm³/mol. The van der Waals surface area contributed by atoms with E-state index < -0.39 is 15.4 Å². The van der Waals surface area contributed by atoms with Gasteiger partial charge >= 0.3 is 0 Å². The summed E-state index contributed by atoms with van der Waals surface area (Å²) in [5.41, 5.74) is 1.20. The van der Waals surface area contributed by atoms with Crippen molar-refractivity contribution in [2.45, 2.75) is 24.7 Å². The number of phenols is 2. The SMILES string of the molecule is CS(=O)(=O)c1nc2c(c(=O)[nH]1)CN(Cc1cc(O)cc(O)c1)CC2. The highest BCUT2D eigenvalue weighted by molar-refractivity contribution is 7.90. The van der Waals surface area contributed by atoms with Crippen molar-refractivity contribution in [1.29, 1.82) is 0 Å². The van der Waals surface area contributed by atoms with Crippen LogP contribution < -0.4 is 5.56 Å².